The fourth-order valence-electron chi connectivity index (χ4n) is 7.75. The SMILES string of the molecule is CO[C@H]1C[C@H]2C=CC3C(C4[C@H]3[C@H](OC(=O)c3ccc[nH]3)[C@H](C)[C@H]4O)[C@]2(O)/C(C)=C/[C@@H](C)[C@@H]([C@@H](C)O)OC1=O. The van der Waals surface area contributed by atoms with Gasteiger partial charge in [0.05, 0.1) is 17.8 Å². The first-order valence-corrected chi connectivity index (χ1v) is 13.5. The summed E-state index contributed by atoms with van der Waals surface area (Å²) in [6, 6.07) is 3.38. The van der Waals surface area contributed by atoms with Gasteiger partial charge in [-0.3, -0.25) is 0 Å². The van der Waals surface area contributed by atoms with Gasteiger partial charge in [0.15, 0.2) is 6.10 Å². The third-order valence-electron chi connectivity index (χ3n) is 9.65. The van der Waals surface area contributed by atoms with Gasteiger partial charge >= 0.3 is 11.9 Å². The Hall–Kier alpha value is -2.46. The highest BCUT2D eigenvalue weighted by Gasteiger charge is 2.71. The van der Waals surface area contributed by atoms with Gasteiger partial charge in [-0.15, -0.1) is 0 Å². The predicted molar refractivity (Wildman–Crippen MR) is 137 cm³/mol. The zero-order valence-corrected chi connectivity index (χ0v) is 22.5. The van der Waals surface area contributed by atoms with E-state index in [4.69, 9.17) is 14.2 Å². The van der Waals surface area contributed by atoms with E-state index < -0.39 is 54.0 Å². The normalized spacial score (nSPS) is 46.4. The third kappa shape index (κ3) is 4.06. The lowest BCUT2D eigenvalue weighted by atomic mass is 9.46. The topological polar surface area (TPSA) is 138 Å². The fraction of sp³-hybridized carbons (Fsp3) is 0.655. The van der Waals surface area contributed by atoms with Crippen molar-refractivity contribution in [2.75, 3.05) is 7.11 Å². The molecule has 1 aromatic rings. The van der Waals surface area contributed by atoms with Crippen molar-refractivity contribution in [2.45, 2.75) is 70.2 Å². The summed E-state index contributed by atoms with van der Waals surface area (Å²) < 4.78 is 17.1. The van der Waals surface area contributed by atoms with Gasteiger partial charge in [-0.25, -0.2) is 9.59 Å². The number of aromatic nitrogens is 1. The van der Waals surface area contributed by atoms with E-state index in [9.17, 15) is 24.9 Å². The quantitative estimate of drug-likeness (QED) is 0.344. The van der Waals surface area contributed by atoms with E-state index in [1.54, 1.807) is 25.3 Å². The Morgan fingerprint density at radius 3 is 2.63 bits per heavy atom. The smallest absolute Gasteiger partial charge is 0.355 e. The molecule has 0 aromatic carbocycles. The van der Waals surface area contributed by atoms with E-state index in [1.165, 1.54) is 7.11 Å². The van der Waals surface area contributed by atoms with Crippen LogP contribution in [0.2, 0.25) is 0 Å². The second-order valence-electron chi connectivity index (χ2n) is 11.7. The molecule has 0 radical (unpaired) electrons. The van der Waals surface area contributed by atoms with Crippen molar-refractivity contribution >= 4 is 11.9 Å². The lowest BCUT2D eigenvalue weighted by Crippen LogP contribution is -2.65. The summed E-state index contributed by atoms with van der Waals surface area (Å²) in [6.07, 6.45) is 3.79. The van der Waals surface area contributed by atoms with E-state index in [1.807, 2.05) is 39.0 Å². The minimum Gasteiger partial charge on any atom is -0.457 e. The Balaban J connectivity index is 1.52. The average molecular weight is 530 g/mol. The fourth-order valence-corrected chi connectivity index (χ4v) is 7.75. The zero-order chi connectivity index (χ0) is 27.5. The summed E-state index contributed by atoms with van der Waals surface area (Å²) in [6.45, 7) is 7.17. The highest BCUT2D eigenvalue weighted by molar-refractivity contribution is 5.87. The van der Waals surface area contributed by atoms with Crippen LogP contribution in [-0.4, -0.2) is 75.5 Å². The number of rotatable bonds is 4. The first-order valence-electron chi connectivity index (χ1n) is 13.5. The van der Waals surface area contributed by atoms with Gasteiger partial charge in [0, 0.05) is 42.9 Å². The molecule has 0 saturated heterocycles. The lowest BCUT2D eigenvalue weighted by Gasteiger charge is -2.61. The molecule has 0 bridgehead atoms. The molecule has 1 aliphatic heterocycles. The Kier molecular flexibility index (Phi) is 7.09. The molecule has 2 saturated carbocycles. The summed E-state index contributed by atoms with van der Waals surface area (Å²) in [4.78, 5) is 28.6. The number of hydrogen-bond acceptors (Lipinski definition) is 8. The Morgan fingerprint density at radius 1 is 1.26 bits per heavy atom. The maximum Gasteiger partial charge on any atom is 0.355 e. The molecule has 4 N–H and O–H groups in total. The number of esters is 2. The number of nitrogens with one attached hydrogen (secondary N) is 1. The predicted octanol–water partition coefficient (Wildman–Crippen LogP) is 2.24. The Bertz CT molecular complexity index is 1110. The van der Waals surface area contributed by atoms with Gasteiger partial charge in [-0.05, 0) is 49.8 Å². The first-order chi connectivity index (χ1) is 18.0. The maximum atomic E-state index is 13.0. The molecule has 3 unspecified atom stereocenters. The molecule has 0 amide bonds. The molecule has 3 aliphatic carbocycles. The van der Waals surface area contributed by atoms with Crippen LogP contribution in [0, 0.1) is 41.4 Å². The number of cyclic esters (lactones) is 1. The third-order valence-corrected chi connectivity index (χ3v) is 9.65. The summed E-state index contributed by atoms with van der Waals surface area (Å²) in [5.74, 6) is -3.08. The number of carbonyl (C=O) groups excluding carboxylic acids is 2. The zero-order valence-electron chi connectivity index (χ0n) is 22.5. The highest BCUT2D eigenvalue weighted by atomic mass is 16.6. The molecule has 5 rings (SSSR count). The largest absolute Gasteiger partial charge is 0.457 e. The van der Waals surface area contributed by atoms with Gasteiger partial charge in [0.25, 0.3) is 0 Å². The van der Waals surface area contributed by atoms with E-state index in [2.05, 4.69) is 4.98 Å². The molecular weight excluding hydrogens is 490 g/mol. The summed E-state index contributed by atoms with van der Waals surface area (Å²) in [7, 11) is 1.43. The molecule has 0 spiro atoms. The number of aliphatic hydroxyl groups is 3. The van der Waals surface area contributed by atoms with Crippen LogP contribution in [0.25, 0.3) is 0 Å². The Morgan fingerprint density at radius 2 is 2.00 bits per heavy atom. The summed E-state index contributed by atoms with van der Waals surface area (Å²) in [5.41, 5.74) is -0.307. The molecule has 9 heteroatoms. The minimum atomic E-state index is -1.37. The monoisotopic (exact) mass is 529 g/mol. The average Bonchev–Trinajstić information content (AvgIpc) is 3.46. The van der Waals surface area contributed by atoms with Crippen LogP contribution in [0.1, 0.15) is 44.6 Å². The van der Waals surface area contributed by atoms with Crippen molar-refractivity contribution in [3.8, 4) is 0 Å². The number of hydrogen-bond donors (Lipinski definition) is 4. The molecule has 1 aromatic heterocycles. The van der Waals surface area contributed by atoms with Gasteiger partial charge in [-0.2, -0.15) is 0 Å². The maximum absolute atomic E-state index is 13.0. The second-order valence-corrected chi connectivity index (χ2v) is 11.7. The molecule has 208 valence electrons. The van der Waals surface area contributed by atoms with Gasteiger partial charge in [-0.1, -0.05) is 32.1 Å². The molecule has 2 fully saturated rings. The van der Waals surface area contributed by atoms with Crippen molar-refractivity contribution in [1.29, 1.82) is 0 Å². The number of fused-ring (bicyclic) bond motifs is 6. The highest BCUT2D eigenvalue weighted by Crippen LogP contribution is 2.66. The van der Waals surface area contributed by atoms with Crippen molar-refractivity contribution in [2.24, 2.45) is 41.4 Å². The van der Waals surface area contributed by atoms with Gasteiger partial charge in [0.2, 0.25) is 0 Å². The van der Waals surface area contributed by atoms with Crippen LogP contribution in [0.3, 0.4) is 0 Å². The standard InChI is InChI=1S/C29H39NO8/c1-13-11-14(2)29(35)17(12-20(36-5)28(34)37-25(13)16(4)31)8-9-18-21-22(23(18)29)24(32)15(3)26(21)38-27(33)19-7-6-10-30-19/h6-11,13,15-18,20-26,30-32,35H,12H2,1-5H3/b14-11+/t13-,15-,16-,17-,18?,20+,21+,22?,23?,24-,25+,26-,29+/m1/s1. The summed E-state index contributed by atoms with van der Waals surface area (Å²) >= 11 is 0. The van der Waals surface area contributed by atoms with Crippen molar-refractivity contribution in [3.63, 3.8) is 0 Å². The van der Waals surface area contributed by atoms with Crippen LogP contribution in [0.5, 0.6) is 0 Å². The number of aromatic amines is 1. The number of carbonyl (C=O) groups is 2. The molecule has 13 atom stereocenters. The van der Waals surface area contributed by atoms with Crippen molar-refractivity contribution in [1.82, 2.24) is 4.98 Å². The van der Waals surface area contributed by atoms with E-state index >= 15 is 0 Å². The van der Waals surface area contributed by atoms with Gasteiger partial charge in [0.1, 0.15) is 17.9 Å². The Labute approximate surface area is 222 Å². The number of aliphatic hydroxyl groups excluding tert-OH is 2. The first kappa shape index (κ1) is 27.1. The van der Waals surface area contributed by atoms with Crippen LogP contribution >= 0.6 is 0 Å². The molecular formula is C29H39NO8. The van der Waals surface area contributed by atoms with E-state index in [0.29, 0.717) is 11.3 Å². The van der Waals surface area contributed by atoms with Crippen LogP contribution in [0.4, 0.5) is 0 Å². The number of ether oxygens (including phenoxy) is 3. The summed E-state index contributed by atoms with van der Waals surface area (Å²) in [5, 5.41) is 34.3. The van der Waals surface area contributed by atoms with Gasteiger partial charge < -0.3 is 34.5 Å². The van der Waals surface area contributed by atoms with Crippen LogP contribution < -0.4 is 0 Å². The molecule has 38 heavy (non-hydrogen) atoms. The van der Waals surface area contributed by atoms with E-state index in [0.717, 1.165) is 0 Å². The van der Waals surface area contributed by atoms with Crippen molar-refractivity contribution < 1.29 is 39.1 Å². The number of allylic oxidation sites excluding steroid dienone is 1. The molecule has 2 heterocycles. The van der Waals surface area contributed by atoms with Crippen molar-refractivity contribution in [3.05, 3.63) is 47.8 Å². The second kappa shape index (κ2) is 9.93. The molecule has 9 nitrogen and oxygen atoms in total. The van der Waals surface area contributed by atoms with Crippen LogP contribution in [-0.2, 0) is 19.0 Å². The molecule has 4 aliphatic rings. The minimum absolute atomic E-state index is 0.121. The number of H-pyrrole nitrogens is 1. The lowest BCUT2D eigenvalue weighted by molar-refractivity contribution is -0.186. The van der Waals surface area contributed by atoms with Crippen LogP contribution in [0.15, 0.2) is 42.1 Å². The van der Waals surface area contributed by atoms with E-state index in [-0.39, 0.29) is 41.9 Å². The number of methoxy groups -OCH3 is 1.